The van der Waals surface area contributed by atoms with Gasteiger partial charge in [0.2, 0.25) is 17.8 Å². The van der Waals surface area contributed by atoms with Gasteiger partial charge in [0.25, 0.3) is 0 Å². The van der Waals surface area contributed by atoms with Crippen molar-refractivity contribution in [2.45, 2.75) is 18.9 Å². The lowest BCUT2D eigenvalue weighted by atomic mass is 10.1. The van der Waals surface area contributed by atoms with E-state index in [-0.39, 0.29) is 6.10 Å². The summed E-state index contributed by atoms with van der Waals surface area (Å²) in [5, 5.41) is 0.639. The molecule has 2 aromatic carbocycles. The number of para-hydroxylation sites is 3. The first-order chi connectivity index (χ1) is 17.2. The van der Waals surface area contributed by atoms with Crippen molar-refractivity contribution < 1.29 is 9.47 Å². The molecule has 9 nitrogen and oxygen atoms in total. The number of nitrogens with zero attached hydrogens (tertiary/aromatic N) is 7. The summed E-state index contributed by atoms with van der Waals surface area (Å²) in [6.45, 7) is 4.39. The van der Waals surface area contributed by atoms with Crippen LogP contribution in [0.1, 0.15) is 12.8 Å². The molecular formula is C25H26ClN7O2. The molecule has 0 aliphatic carbocycles. The quantitative estimate of drug-likeness (QED) is 0.417. The fraction of sp³-hybridized carbons (Fsp3) is 0.360. The van der Waals surface area contributed by atoms with Crippen LogP contribution in [0.15, 0.2) is 54.9 Å². The Hall–Kier alpha value is -3.43. The molecule has 10 heteroatoms. The Balaban J connectivity index is 1.27. The molecule has 0 bridgehead atoms. The van der Waals surface area contributed by atoms with E-state index in [1.807, 2.05) is 53.1 Å². The first-order valence-electron chi connectivity index (χ1n) is 11.9. The van der Waals surface area contributed by atoms with Gasteiger partial charge in [-0.05, 0) is 24.3 Å². The largest absolute Gasteiger partial charge is 0.489 e. The van der Waals surface area contributed by atoms with Gasteiger partial charge in [-0.25, -0.2) is 4.98 Å². The standard InChI is InChI=1S/C25H26ClN7O2/c26-19-5-1-4-8-22(19)35-18-9-11-31(12-10-18)23-28-24(32-13-15-34-16-14-32)30-25(29-23)33-17-27-20-6-2-3-7-21(20)33/h1-8,17-18H,9-16H2. The predicted octanol–water partition coefficient (Wildman–Crippen LogP) is 3.75. The van der Waals surface area contributed by atoms with Crippen LogP contribution in [-0.4, -0.2) is 70.0 Å². The highest BCUT2D eigenvalue weighted by molar-refractivity contribution is 6.32. The number of anilines is 2. The second-order valence-corrected chi connectivity index (χ2v) is 9.08. The summed E-state index contributed by atoms with van der Waals surface area (Å²) in [6, 6.07) is 15.6. The van der Waals surface area contributed by atoms with E-state index in [1.54, 1.807) is 6.33 Å². The molecule has 0 radical (unpaired) electrons. The molecule has 4 heterocycles. The van der Waals surface area contributed by atoms with Crippen molar-refractivity contribution in [3.63, 3.8) is 0 Å². The molecule has 2 aliphatic rings. The van der Waals surface area contributed by atoms with Crippen LogP contribution < -0.4 is 14.5 Å². The van der Waals surface area contributed by atoms with E-state index in [9.17, 15) is 0 Å². The third-order valence-electron chi connectivity index (χ3n) is 6.42. The van der Waals surface area contributed by atoms with E-state index < -0.39 is 0 Å². The van der Waals surface area contributed by atoms with E-state index in [4.69, 9.17) is 36.0 Å². The number of benzene rings is 2. The molecule has 2 saturated heterocycles. The fourth-order valence-electron chi connectivity index (χ4n) is 4.51. The van der Waals surface area contributed by atoms with E-state index >= 15 is 0 Å². The van der Waals surface area contributed by atoms with Crippen molar-refractivity contribution in [1.29, 1.82) is 0 Å². The van der Waals surface area contributed by atoms with Crippen LogP contribution in [0, 0.1) is 0 Å². The number of hydrogen-bond donors (Lipinski definition) is 0. The summed E-state index contributed by atoms with van der Waals surface area (Å²) in [5.74, 6) is 2.64. The SMILES string of the molecule is Clc1ccccc1OC1CCN(c2nc(N3CCOCC3)nc(-n3cnc4ccccc43)n2)CC1. The monoisotopic (exact) mass is 491 g/mol. The maximum absolute atomic E-state index is 6.28. The van der Waals surface area contributed by atoms with Crippen LogP contribution in [-0.2, 0) is 4.74 Å². The number of aromatic nitrogens is 5. The van der Waals surface area contributed by atoms with Gasteiger partial charge in [0.05, 0.1) is 29.3 Å². The summed E-state index contributed by atoms with van der Waals surface area (Å²) in [6.07, 6.45) is 3.58. The molecular weight excluding hydrogens is 466 g/mol. The van der Waals surface area contributed by atoms with Gasteiger partial charge >= 0.3 is 0 Å². The molecule has 6 rings (SSSR count). The average Bonchev–Trinajstić information content (AvgIpc) is 3.35. The van der Waals surface area contributed by atoms with Crippen LogP contribution in [0.25, 0.3) is 17.0 Å². The van der Waals surface area contributed by atoms with Crippen LogP contribution in [0.5, 0.6) is 5.75 Å². The summed E-state index contributed by atoms with van der Waals surface area (Å²) in [4.78, 5) is 23.5. The van der Waals surface area contributed by atoms with E-state index in [0.29, 0.717) is 36.1 Å². The lowest BCUT2D eigenvalue weighted by Gasteiger charge is -2.33. The van der Waals surface area contributed by atoms with Crippen LogP contribution in [0.4, 0.5) is 11.9 Å². The summed E-state index contributed by atoms with van der Waals surface area (Å²) < 4.78 is 13.6. The van der Waals surface area contributed by atoms with Gasteiger partial charge in [-0.3, -0.25) is 4.57 Å². The predicted molar refractivity (Wildman–Crippen MR) is 135 cm³/mol. The number of ether oxygens (including phenoxy) is 2. The Labute approximate surface area is 208 Å². The highest BCUT2D eigenvalue weighted by Crippen LogP contribution is 2.28. The Bertz CT molecular complexity index is 1320. The van der Waals surface area contributed by atoms with Gasteiger partial charge in [-0.15, -0.1) is 0 Å². The zero-order valence-electron chi connectivity index (χ0n) is 19.3. The molecule has 0 unspecified atom stereocenters. The Morgan fingerprint density at radius 2 is 1.46 bits per heavy atom. The van der Waals surface area contributed by atoms with Gasteiger partial charge in [0.1, 0.15) is 18.2 Å². The zero-order valence-corrected chi connectivity index (χ0v) is 20.0. The fourth-order valence-corrected chi connectivity index (χ4v) is 4.69. The van der Waals surface area contributed by atoms with Crippen molar-refractivity contribution in [3.8, 4) is 11.7 Å². The molecule has 4 aromatic rings. The smallest absolute Gasteiger partial charge is 0.242 e. The minimum absolute atomic E-state index is 0.101. The Kier molecular flexibility index (Phi) is 6.10. The second kappa shape index (κ2) is 9.67. The zero-order chi connectivity index (χ0) is 23.6. The number of piperidine rings is 1. The number of halogens is 1. The molecule has 0 amide bonds. The number of morpholine rings is 1. The molecule has 2 aromatic heterocycles. The molecule has 0 atom stereocenters. The first kappa shape index (κ1) is 22.1. The van der Waals surface area contributed by atoms with Crippen LogP contribution in [0.2, 0.25) is 5.02 Å². The number of hydrogen-bond acceptors (Lipinski definition) is 8. The van der Waals surface area contributed by atoms with Crippen molar-refractivity contribution >= 4 is 34.5 Å². The van der Waals surface area contributed by atoms with Crippen LogP contribution in [0.3, 0.4) is 0 Å². The normalized spacial score (nSPS) is 17.2. The van der Waals surface area contributed by atoms with Crippen molar-refractivity contribution in [2.24, 2.45) is 0 Å². The lowest BCUT2D eigenvalue weighted by molar-refractivity contribution is 0.122. The van der Waals surface area contributed by atoms with E-state index in [1.165, 1.54) is 0 Å². The maximum atomic E-state index is 6.28. The topological polar surface area (TPSA) is 81.4 Å². The lowest BCUT2D eigenvalue weighted by Crippen LogP contribution is -2.41. The van der Waals surface area contributed by atoms with Gasteiger partial charge in [-0.2, -0.15) is 15.0 Å². The second-order valence-electron chi connectivity index (χ2n) is 8.67. The first-order valence-corrected chi connectivity index (χ1v) is 12.3. The minimum Gasteiger partial charge on any atom is -0.489 e. The van der Waals surface area contributed by atoms with Crippen molar-refractivity contribution in [1.82, 2.24) is 24.5 Å². The van der Waals surface area contributed by atoms with Gasteiger partial charge in [-0.1, -0.05) is 35.9 Å². The maximum Gasteiger partial charge on any atom is 0.242 e. The van der Waals surface area contributed by atoms with Gasteiger partial charge < -0.3 is 19.3 Å². The molecule has 0 spiro atoms. The highest BCUT2D eigenvalue weighted by Gasteiger charge is 2.26. The van der Waals surface area contributed by atoms with E-state index in [0.717, 1.165) is 55.8 Å². The molecule has 2 fully saturated rings. The summed E-state index contributed by atoms with van der Waals surface area (Å²) in [7, 11) is 0. The minimum atomic E-state index is 0.101. The number of imidazole rings is 1. The molecule has 0 saturated carbocycles. The average molecular weight is 492 g/mol. The third kappa shape index (κ3) is 4.61. The summed E-state index contributed by atoms with van der Waals surface area (Å²) >= 11 is 6.28. The van der Waals surface area contributed by atoms with Gasteiger partial charge in [0, 0.05) is 39.0 Å². The molecule has 2 aliphatic heterocycles. The number of fused-ring (bicyclic) bond motifs is 1. The highest BCUT2D eigenvalue weighted by atomic mass is 35.5. The Morgan fingerprint density at radius 3 is 2.23 bits per heavy atom. The van der Waals surface area contributed by atoms with Crippen molar-refractivity contribution in [2.75, 3.05) is 49.2 Å². The molecule has 180 valence electrons. The van der Waals surface area contributed by atoms with Gasteiger partial charge in [0.15, 0.2) is 0 Å². The third-order valence-corrected chi connectivity index (χ3v) is 6.73. The molecule has 0 N–H and O–H groups in total. The summed E-state index contributed by atoms with van der Waals surface area (Å²) in [5.41, 5.74) is 1.87. The number of rotatable bonds is 5. The van der Waals surface area contributed by atoms with E-state index in [2.05, 4.69) is 14.8 Å². The molecule has 35 heavy (non-hydrogen) atoms. The van der Waals surface area contributed by atoms with Crippen molar-refractivity contribution in [3.05, 3.63) is 59.9 Å². The van der Waals surface area contributed by atoms with Crippen LogP contribution >= 0.6 is 11.6 Å². The Morgan fingerprint density at radius 1 is 0.800 bits per heavy atom.